The summed E-state index contributed by atoms with van der Waals surface area (Å²) in [6, 6.07) is 3.00. The SMILES string of the molecule is Cc1cc(-n2ncc(=O)[nH]c2=O)cc(C)c1S(=O)(=O)C1C=C(C(C)C)C(=O)NN1. The summed E-state index contributed by atoms with van der Waals surface area (Å²) in [4.78, 5) is 37.3. The number of hydrazine groups is 1. The van der Waals surface area contributed by atoms with Crippen LogP contribution in [0, 0.1) is 19.8 Å². The molecule has 2 heterocycles. The summed E-state index contributed by atoms with van der Waals surface area (Å²) in [5, 5.41) is 2.66. The maximum atomic E-state index is 13.3. The molecule has 1 aliphatic rings. The van der Waals surface area contributed by atoms with E-state index in [2.05, 4.69) is 20.9 Å². The smallest absolute Gasteiger partial charge is 0.286 e. The molecule has 1 aromatic heterocycles. The van der Waals surface area contributed by atoms with Gasteiger partial charge in [-0.2, -0.15) is 9.78 Å². The Bertz CT molecular complexity index is 1220. The zero-order valence-electron chi connectivity index (χ0n) is 16.3. The third-order valence-electron chi connectivity index (χ3n) is 4.56. The number of amides is 1. The minimum Gasteiger partial charge on any atom is -0.286 e. The molecule has 0 fully saturated rings. The van der Waals surface area contributed by atoms with Crippen molar-refractivity contribution in [2.45, 2.75) is 38.0 Å². The Kier molecular flexibility index (Phi) is 5.28. The van der Waals surface area contributed by atoms with Gasteiger partial charge in [-0.3, -0.25) is 20.0 Å². The van der Waals surface area contributed by atoms with Gasteiger partial charge in [0.15, 0.2) is 15.2 Å². The highest BCUT2D eigenvalue weighted by Crippen LogP contribution is 2.28. The van der Waals surface area contributed by atoms with E-state index >= 15 is 0 Å². The first-order chi connectivity index (χ1) is 13.5. The van der Waals surface area contributed by atoms with E-state index in [9.17, 15) is 22.8 Å². The molecule has 1 atom stereocenters. The van der Waals surface area contributed by atoms with Crippen LogP contribution in [0.3, 0.4) is 0 Å². The van der Waals surface area contributed by atoms with Gasteiger partial charge in [0.2, 0.25) is 0 Å². The zero-order chi connectivity index (χ0) is 21.5. The van der Waals surface area contributed by atoms with Crippen LogP contribution < -0.4 is 22.1 Å². The molecule has 154 valence electrons. The topological polar surface area (TPSA) is 143 Å². The molecule has 3 rings (SSSR count). The van der Waals surface area contributed by atoms with Gasteiger partial charge in [-0.1, -0.05) is 13.8 Å². The summed E-state index contributed by atoms with van der Waals surface area (Å²) in [6.07, 6.45) is 2.38. The number of nitrogens with zero attached hydrogens (tertiary/aromatic N) is 2. The van der Waals surface area contributed by atoms with Gasteiger partial charge < -0.3 is 0 Å². The van der Waals surface area contributed by atoms with Crippen LogP contribution in [0.5, 0.6) is 0 Å². The van der Waals surface area contributed by atoms with E-state index in [1.807, 2.05) is 0 Å². The van der Waals surface area contributed by atoms with E-state index in [0.29, 0.717) is 22.4 Å². The van der Waals surface area contributed by atoms with E-state index in [0.717, 1.165) is 10.9 Å². The predicted octanol–water partition coefficient (Wildman–Crippen LogP) is -0.146. The number of sulfone groups is 1. The maximum Gasteiger partial charge on any atom is 0.349 e. The molecule has 0 saturated heterocycles. The van der Waals surface area contributed by atoms with E-state index in [1.165, 1.54) is 18.2 Å². The van der Waals surface area contributed by atoms with Crippen molar-refractivity contribution < 1.29 is 13.2 Å². The van der Waals surface area contributed by atoms with Crippen molar-refractivity contribution in [1.29, 1.82) is 0 Å². The summed E-state index contributed by atoms with van der Waals surface area (Å²) in [6.45, 7) is 6.82. The molecule has 1 unspecified atom stereocenters. The third-order valence-corrected chi connectivity index (χ3v) is 6.70. The second-order valence-corrected chi connectivity index (χ2v) is 9.11. The number of carbonyl (C=O) groups excluding carboxylic acids is 1. The Morgan fingerprint density at radius 2 is 1.72 bits per heavy atom. The van der Waals surface area contributed by atoms with Gasteiger partial charge in [0, 0.05) is 5.57 Å². The van der Waals surface area contributed by atoms with Crippen LogP contribution >= 0.6 is 0 Å². The molecule has 0 aliphatic carbocycles. The van der Waals surface area contributed by atoms with Crippen LogP contribution in [0.1, 0.15) is 25.0 Å². The fraction of sp³-hybridized carbons (Fsp3) is 0.333. The van der Waals surface area contributed by atoms with Crippen LogP contribution in [0.15, 0.2) is 44.5 Å². The summed E-state index contributed by atoms with van der Waals surface area (Å²) in [5.41, 5.74) is 5.09. The number of benzene rings is 1. The number of hydrogen-bond acceptors (Lipinski definition) is 7. The van der Waals surface area contributed by atoms with Crippen LogP contribution in [-0.4, -0.2) is 34.5 Å². The average molecular weight is 419 g/mol. The number of carbonyl (C=O) groups is 1. The first-order valence-corrected chi connectivity index (χ1v) is 10.4. The Hall–Kier alpha value is -3.05. The van der Waals surface area contributed by atoms with Gasteiger partial charge in [0.05, 0.1) is 10.6 Å². The Morgan fingerprint density at radius 1 is 1.10 bits per heavy atom. The molecule has 1 aliphatic heterocycles. The van der Waals surface area contributed by atoms with E-state index < -0.39 is 26.5 Å². The van der Waals surface area contributed by atoms with Gasteiger partial charge >= 0.3 is 5.69 Å². The lowest BCUT2D eigenvalue weighted by atomic mass is 10.0. The minimum atomic E-state index is -3.90. The molecule has 1 aromatic carbocycles. The predicted molar refractivity (Wildman–Crippen MR) is 105 cm³/mol. The molecule has 0 radical (unpaired) electrons. The Balaban J connectivity index is 2.11. The first kappa shape index (κ1) is 20.7. The molecule has 10 nitrogen and oxygen atoms in total. The molecule has 0 bridgehead atoms. The van der Waals surface area contributed by atoms with Crippen LogP contribution in [0.2, 0.25) is 0 Å². The molecular formula is C18H21N5O5S. The number of nitrogens with one attached hydrogen (secondary N) is 3. The Labute approximate surface area is 166 Å². The molecule has 2 aromatic rings. The molecule has 11 heteroatoms. The van der Waals surface area contributed by atoms with Crippen molar-refractivity contribution in [3.05, 3.63) is 61.9 Å². The number of aryl methyl sites for hydroxylation is 2. The monoisotopic (exact) mass is 419 g/mol. The fourth-order valence-electron chi connectivity index (χ4n) is 3.27. The summed E-state index contributed by atoms with van der Waals surface area (Å²) in [7, 11) is -3.90. The van der Waals surface area contributed by atoms with Gasteiger partial charge in [-0.05, 0) is 49.1 Å². The maximum absolute atomic E-state index is 13.3. The van der Waals surface area contributed by atoms with E-state index in [1.54, 1.807) is 27.7 Å². The van der Waals surface area contributed by atoms with E-state index in [-0.39, 0.29) is 16.7 Å². The van der Waals surface area contributed by atoms with Gasteiger partial charge in [-0.15, -0.1) is 0 Å². The summed E-state index contributed by atoms with van der Waals surface area (Å²) >= 11 is 0. The van der Waals surface area contributed by atoms with Crippen LogP contribution in [0.25, 0.3) is 5.69 Å². The van der Waals surface area contributed by atoms with Gasteiger partial charge in [0.1, 0.15) is 6.20 Å². The highest BCUT2D eigenvalue weighted by Gasteiger charge is 2.33. The molecule has 0 spiro atoms. The Morgan fingerprint density at radius 3 is 2.28 bits per heavy atom. The van der Waals surface area contributed by atoms with Crippen LogP contribution in [0.4, 0.5) is 0 Å². The fourth-order valence-corrected chi connectivity index (χ4v) is 5.08. The highest BCUT2D eigenvalue weighted by atomic mass is 32.2. The van der Waals surface area contributed by atoms with E-state index in [4.69, 9.17) is 0 Å². The first-order valence-electron chi connectivity index (χ1n) is 8.84. The molecular weight excluding hydrogens is 398 g/mol. The van der Waals surface area contributed by atoms with Crippen molar-refractivity contribution in [1.82, 2.24) is 25.6 Å². The number of H-pyrrole nitrogens is 1. The standard InChI is InChI=1S/C18H21N5O5S/c1-9(2)13-7-15(21-22-17(13)25)29(27,28)16-10(3)5-12(6-11(16)4)23-18(26)20-14(24)8-19-23/h5-9,15,21H,1-4H3,(H,22,25)(H,20,24,26). The molecule has 0 saturated carbocycles. The molecule has 3 N–H and O–H groups in total. The normalized spacial score (nSPS) is 17.2. The van der Waals surface area contributed by atoms with Crippen molar-refractivity contribution in [3.63, 3.8) is 0 Å². The third kappa shape index (κ3) is 3.78. The second-order valence-electron chi connectivity index (χ2n) is 7.10. The summed E-state index contributed by atoms with van der Waals surface area (Å²) < 4.78 is 27.5. The van der Waals surface area contributed by atoms with Crippen molar-refractivity contribution >= 4 is 15.7 Å². The largest absolute Gasteiger partial charge is 0.349 e. The lowest BCUT2D eigenvalue weighted by molar-refractivity contribution is -0.119. The zero-order valence-corrected chi connectivity index (χ0v) is 17.1. The number of hydrogen-bond donors (Lipinski definition) is 3. The highest BCUT2D eigenvalue weighted by molar-refractivity contribution is 7.92. The summed E-state index contributed by atoms with van der Waals surface area (Å²) in [5.74, 6) is -0.503. The molecule has 29 heavy (non-hydrogen) atoms. The number of aromatic amines is 1. The van der Waals surface area contributed by atoms with Gasteiger partial charge in [-0.25, -0.2) is 18.6 Å². The van der Waals surface area contributed by atoms with Crippen molar-refractivity contribution in [3.8, 4) is 5.69 Å². The number of aromatic nitrogens is 3. The van der Waals surface area contributed by atoms with Crippen molar-refractivity contribution in [2.24, 2.45) is 5.92 Å². The average Bonchev–Trinajstić information content (AvgIpc) is 2.60. The molecule has 1 amide bonds. The lowest BCUT2D eigenvalue weighted by Crippen LogP contribution is -2.52. The second kappa shape index (κ2) is 7.41. The lowest BCUT2D eigenvalue weighted by Gasteiger charge is -2.26. The number of rotatable bonds is 4. The van der Waals surface area contributed by atoms with Crippen molar-refractivity contribution in [2.75, 3.05) is 0 Å². The van der Waals surface area contributed by atoms with Gasteiger partial charge in [0.25, 0.3) is 11.5 Å². The quantitative estimate of drug-likeness (QED) is 0.625. The minimum absolute atomic E-state index is 0.0896. The van der Waals surface area contributed by atoms with Crippen LogP contribution in [-0.2, 0) is 14.6 Å².